The van der Waals surface area contributed by atoms with E-state index in [1.807, 2.05) is 31.2 Å². The van der Waals surface area contributed by atoms with Crippen LogP contribution in [-0.4, -0.2) is 24.1 Å². The number of rotatable bonds is 5. The third kappa shape index (κ3) is 3.97. The lowest BCUT2D eigenvalue weighted by atomic mass is 10.1. The first-order valence-electron chi connectivity index (χ1n) is 5.46. The smallest absolute Gasteiger partial charge is 0.228 e. The number of nitrogens with one attached hydrogen (secondary N) is 1. The van der Waals surface area contributed by atoms with Crippen LogP contribution in [0.1, 0.15) is 24.9 Å². The molecule has 1 rings (SSSR count). The third-order valence-corrected chi connectivity index (χ3v) is 2.46. The Morgan fingerprint density at radius 1 is 1.50 bits per heavy atom. The van der Waals surface area contributed by atoms with E-state index in [1.165, 1.54) is 0 Å². The van der Waals surface area contributed by atoms with E-state index in [9.17, 15) is 4.79 Å². The lowest BCUT2D eigenvalue weighted by Gasteiger charge is -2.14. The molecule has 1 amide bonds. The van der Waals surface area contributed by atoms with Crippen molar-refractivity contribution in [2.45, 2.75) is 19.4 Å². The number of nitrogens with two attached hydrogens (primary N) is 1. The fraction of sp³-hybridized carbons (Fsp3) is 0.333. The number of hydrogen-bond acceptors (Lipinski definition) is 4. The molecule has 1 unspecified atom stereocenters. The summed E-state index contributed by atoms with van der Waals surface area (Å²) in [7, 11) is 1.59. The second-order valence-electron chi connectivity index (χ2n) is 3.83. The average Bonchev–Trinajstić information content (AvgIpc) is 2.38. The number of amides is 1. The van der Waals surface area contributed by atoms with E-state index in [0.717, 1.165) is 11.3 Å². The van der Waals surface area contributed by atoms with E-state index in [1.54, 1.807) is 7.11 Å². The van der Waals surface area contributed by atoms with E-state index in [4.69, 9.17) is 15.7 Å². The molecule has 0 aromatic heterocycles. The molecule has 0 aliphatic carbocycles. The molecule has 1 aromatic rings. The quantitative estimate of drug-likeness (QED) is 0.315. The van der Waals surface area contributed by atoms with Crippen molar-refractivity contribution in [3.8, 4) is 5.75 Å². The summed E-state index contributed by atoms with van der Waals surface area (Å²) in [6, 6.07) is 7.22. The second kappa shape index (κ2) is 6.48. The Hall–Kier alpha value is -2.24. The molecule has 1 atom stereocenters. The van der Waals surface area contributed by atoms with Gasteiger partial charge in [-0.3, -0.25) is 4.79 Å². The van der Waals surface area contributed by atoms with Gasteiger partial charge in [-0.2, -0.15) is 0 Å². The Balaban J connectivity index is 2.58. The van der Waals surface area contributed by atoms with Crippen LogP contribution < -0.4 is 15.8 Å². The van der Waals surface area contributed by atoms with Crippen molar-refractivity contribution < 1.29 is 14.7 Å². The fourth-order valence-electron chi connectivity index (χ4n) is 1.47. The summed E-state index contributed by atoms with van der Waals surface area (Å²) >= 11 is 0. The van der Waals surface area contributed by atoms with Gasteiger partial charge >= 0.3 is 0 Å². The summed E-state index contributed by atoms with van der Waals surface area (Å²) < 4.78 is 5.05. The molecule has 0 fully saturated rings. The molecule has 0 saturated heterocycles. The first-order chi connectivity index (χ1) is 8.56. The summed E-state index contributed by atoms with van der Waals surface area (Å²) in [5, 5.41) is 13.9. The minimum atomic E-state index is -0.298. The van der Waals surface area contributed by atoms with Crippen molar-refractivity contribution in [1.82, 2.24) is 5.32 Å². The minimum absolute atomic E-state index is 0.116. The van der Waals surface area contributed by atoms with Crippen molar-refractivity contribution in [2.24, 2.45) is 10.9 Å². The summed E-state index contributed by atoms with van der Waals surface area (Å²) in [6.45, 7) is 1.85. The zero-order valence-electron chi connectivity index (χ0n) is 10.4. The maximum absolute atomic E-state index is 11.5. The van der Waals surface area contributed by atoms with Crippen LogP contribution in [0.4, 0.5) is 0 Å². The largest absolute Gasteiger partial charge is 0.497 e. The van der Waals surface area contributed by atoms with Crippen LogP contribution in [0.3, 0.4) is 0 Å². The van der Waals surface area contributed by atoms with Crippen LogP contribution in [0.15, 0.2) is 29.4 Å². The van der Waals surface area contributed by atoms with Gasteiger partial charge < -0.3 is 21.0 Å². The summed E-state index contributed by atoms with van der Waals surface area (Å²) in [5.74, 6) is 0.344. The van der Waals surface area contributed by atoms with Crippen LogP contribution >= 0.6 is 0 Å². The van der Waals surface area contributed by atoms with Gasteiger partial charge in [-0.25, -0.2) is 0 Å². The highest BCUT2D eigenvalue weighted by Crippen LogP contribution is 2.17. The monoisotopic (exact) mass is 251 g/mol. The zero-order chi connectivity index (χ0) is 13.5. The van der Waals surface area contributed by atoms with Gasteiger partial charge in [0.2, 0.25) is 5.91 Å². The Bertz CT molecular complexity index is 429. The van der Waals surface area contributed by atoms with Crippen LogP contribution in [0.5, 0.6) is 5.75 Å². The van der Waals surface area contributed by atoms with E-state index in [2.05, 4.69) is 10.5 Å². The van der Waals surface area contributed by atoms with Crippen LogP contribution in [-0.2, 0) is 4.79 Å². The molecule has 0 radical (unpaired) electrons. The maximum atomic E-state index is 11.5. The van der Waals surface area contributed by atoms with Crippen molar-refractivity contribution >= 4 is 11.7 Å². The Morgan fingerprint density at radius 2 is 2.11 bits per heavy atom. The highest BCUT2D eigenvalue weighted by Gasteiger charge is 2.11. The number of nitrogens with zero attached hydrogens (tertiary/aromatic N) is 1. The van der Waals surface area contributed by atoms with Gasteiger partial charge in [0, 0.05) is 0 Å². The second-order valence-corrected chi connectivity index (χ2v) is 3.83. The first-order valence-corrected chi connectivity index (χ1v) is 5.46. The number of benzene rings is 1. The minimum Gasteiger partial charge on any atom is -0.497 e. The molecule has 0 aliphatic rings. The van der Waals surface area contributed by atoms with E-state index in [0.29, 0.717) is 0 Å². The fourth-order valence-corrected chi connectivity index (χ4v) is 1.47. The van der Waals surface area contributed by atoms with Crippen molar-refractivity contribution in [3.05, 3.63) is 29.8 Å². The lowest BCUT2D eigenvalue weighted by molar-refractivity contribution is -0.120. The Kier molecular flexibility index (Phi) is 4.98. The summed E-state index contributed by atoms with van der Waals surface area (Å²) in [6.07, 6.45) is -0.128. The molecule has 98 valence electrons. The van der Waals surface area contributed by atoms with Gasteiger partial charge in [0.05, 0.1) is 19.6 Å². The predicted octanol–water partition coefficient (Wildman–Crippen LogP) is 1.01. The van der Waals surface area contributed by atoms with Crippen molar-refractivity contribution in [2.75, 3.05) is 7.11 Å². The average molecular weight is 251 g/mol. The molecule has 0 saturated carbocycles. The summed E-state index contributed by atoms with van der Waals surface area (Å²) in [4.78, 5) is 11.5. The molecule has 0 bridgehead atoms. The number of amidine groups is 1. The standard InChI is InChI=1S/C12H17N3O3/c1-8(14-12(16)7-11(13)15-17)9-3-5-10(18-2)6-4-9/h3-6,8,17H,7H2,1-2H3,(H2,13,15)(H,14,16). The van der Waals surface area contributed by atoms with Gasteiger partial charge in [0.1, 0.15) is 11.6 Å². The SMILES string of the molecule is COc1ccc(C(C)NC(=O)CC(N)=NO)cc1. The third-order valence-electron chi connectivity index (χ3n) is 2.46. The van der Waals surface area contributed by atoms with Gasteiger partial charge in [-0.15, -0.1) is 0 Å². The normalized spacial score (nSPS) is 12.9. The number of methoxy groups -OCH3 is 1. The number of ether oxygens (including phenoxy) is 1. The zero-order valence-corrected chi connectivity index (χ0v) is 10.4. The Morgan fingerprint density at radius 3 is 2.61 bits per heavy atom. The first kappa shape index (κ1) is 13.8. The van der Waals surface area contributed by atoms with E-state index < -0.39 is 0 Å². The topological polar surface area (TPSA) is 96.9 Å². The molecule has 0 heterocycles. The molecule has 4 N–H and O–H groups in total. The number of carbonyl (C=O) groups is 1. The maximum Gasteiger partial charge on any atom is 0.228 e. The van der Waals surface area contributed by atoms with Crippen molar-refractivity contribution in [1.29, 1.82) is 0 Å². The highest BCUT2D eigenvalue weighted by atomic mass is 16.5. The highest BCUT2D eigenvalue weighted by molar-refractivity contribution is 5.98. The molecule has 0 aliphatic heterocycles. The van der Waals surface area contributed by atoms with E-state index >= 15 is 0 Å². The van der Waals surface area contributed by atoms with Gasteiger partial charge in [0.15, 0.2) is 0 Å². The number of oxime groups is 1. The lowest BCUT2D eigenvalue weighted by Crippen LogP contribution is -2.30. The molecule has 6 nitrogen and oxygen atoms in total. The van der Waals surface area contributed by atoms with Gasteiger partial charge in [0.25, 0.3) is 0 Å². The van der Waals surface area contributed by atoms with Gasteiger partial charge in [-0.05, 0) is 24.6 Å². The van der Waals surface area contributed by atoms with Crippen molar-refractivity contribution in [3.63, 3.8) is 0 Å². The molecular formula is C12H17N3O3. The molecule has 6 heteroatoms. The van der Waals surface area contributed by atoms with Crippen LogP contribution in [0, 0.1) is 0 Å². The van der Waals surface area contributed by atoms with Crippen LogP contribution in [0.25, 0.3) is 0 Å². The number of hydrogen-bond donors (Lipinski definition) is 3. The predicted molar refractivity (Wildman–Crippen MR) is 67.6 cm³/mol. The molecule has 18 heavy (non-hydrogen) atoms. The van der Waals surface area contributed by atoms with E-state index in [-0.39, 0.29) is 24.2 Å². The molecule has 0 spiro atoms. The van der Waals surface area contributed by atoms with Crippen LogP contribution in [0.2, 0.25) is 0 Å². The Labute approximate surface area is 105 Å². The molecular weight excluding hydrogens is 234 g/mol. The van der Waals surface area contributed by atoms with Gasteiger partial charge in [-0.1, -0.05) is 17.3 Å². The number of carbonyl (C=O) groups excluding carboxylic acids is 1. The molecule has 1 aromatic carbocycles. The summed E-state index contributed by atoms with van der Waals surface area (Å²) in [5.41, 5.74) is 6.20.